The first kappa shape index (κ1) is 14.6. The summed E-state index contributed by atoms with van der Waals surface area (Å²) in [5.74, 6) is 3.91. The highest BCUT2D eigenvalue weighted by atomic mass is 28.3. The Balaban J connectivity index is 1.53. The summed E-state index contributed by atoms with van der Waals surface area (Å²) < 4.78 is 0. The summed E-state index contributed by atoms with van der Waals surface area (Å²) in [6.45, 7) is 6.48. The van der Waals surface area contributed by atoms with Crippen molar-refractivity contribution in [1.29, 1.82) is 0 Å². The molecule has 0 aromatic heterocycles. The summed E-state index contributed by atoms with van der Waals surface area (Å²) in [4.78, 5) is 2.89. The zero-order chi connectivity index (χ0) is 15.6. The Morgan fingerprint density at radius 1 is 1.22 bits per heavy atom. The summed E-state index contributed by atoms with van der Waals surface area (Å²) in [6.07, 6.45) is 19.9. The van der Waals surface area contributed by atoms with Crippen LogP contribution in [-0.2, 0) is 0 Å². The van der Waals surface area contributed by atoms with Crippen molar-refractivity contribution in [1.82, 2.24) is 4.90 Å². The molecule has 2 saturated carbocycles. The number of piperidine rings is 1. The maximum atomic E-state index is 2.89. The van der Waals surface area contributed by atoms with Gasteiger partial charge < -0.3 is 4.90 Å². The number of hydrogen-bond acceptors (Lipinski definition) is 1. The maximum Gasteiger partial charge on any atom is 0.0622 e. The molecule has 0 bridgehead atoms. The highest BCUT2D eigenvalue weighted by molar-refractivity contribution is 6.64. The molecule has 1 saturated heterocycles. The molecule has 0 amide bonds. The molecular formula is C21H31NSi. The molecule has 0 radical (unpaired) electrons. The van der Waals surface area contributed by atoms with E-state index >= 15 is 0 Å². The molecule has 0 aromatic carbocycles. The summed E-state index contributed by atoms with van der Waals surface area (Å²) in [7, 11) is -0.733. The maximum absolute atomic E-state index is 2.89. The van der Waals surface area contributed by atoms with Gasteiger partial charge in [0.05, 0.1) is 8.80 Å². The first-order valence-electron chi connectivity index (χ1n) is 10.1. The van der Waals surface area contributed by atoms with E-state index in [1.807, 2.05) is 5.20 Å². The molecule has 23 heavy (non-hydrogen) atoms. The summed E-state index contributed by atoms with van der Waals surface area (Å²) in [5.41, 5.74) is 2.36. The first-order valence-corrected chi connectivity index (χ1v) is 12.9. The Hall–Kier alpha value is -0.763. The second kappa shape index (κ2) is 5.11. The van der Waals surface area contributed by atoms with Gasteiger partial charge in [0.2, 0.25) is 0 Å². The van der Waals surface area contributed by atoms with Crippen molar-refractivity contribution in [2.45, 2.75) is 63.6 Å². The Kier molecular flexibility index (Phi) is 3.24. The molecular weight excluding hydrogens is 294 g/mol. The highest BCUT2D eigenvalue weighted by Crippen LogP contribution is 2.71. The zero-order valence-corrected chi connectivity index (χ0v) is 16.0. The Morgan fingerprint density at radius 2 is 2.09 bits per heavy atom. The van der Waals surface area contributed by atoms with E-state index in [0.717, 1.165) is 23.7 Å². The van der Waals surface area contributed by atoms with Crippen molar-refractivity contribution < 1.29 is 0 Å². The Morgan fingerprint density at radius 3 is 2.87 bits per heavy atom. The first-order chi connectivity index (χ1) is 11.2. The van der Waals surface area contributed by atoms with E-state index in [-0.39, 0.29) is 0 Å². The van der Waals surface area contributed by atoms with Crippen molar-refractivity contribution in [3.8, 4) is 0 Å². The minimum Gasteiger partial charge on any atom is -0.371 e. The third-order valence-corrected chi connectivity index (χ3v) is 9.64. The Labute approximate surface area is 143 Å². The standard InChI is InChI=1S/C21H31NSi/c1-23(2)19-14-22-13-16-10-6-7-11-18-20(16)21(18,22)12-17(19)15-8-4-3-5-9-15/h3-4,8,14,16-18,20,23H,5-7,9-13H2,1-2H3. The normalized spacial score (nSPS) is 44.4. The lowest BCUT2D eigenvalue weighted by Crippen LogP contribution is -2.42. The van der Waals surface area contributed by atoms with E-state index in [2.05, 4.69) is 42.4 Å². The third kappa shape index (κ3) is 1.97. The van der Waals surface area contributed by atoms with Crippen molar-refractivity contribution in [2.75, 3.05) is 6.54 Å². The van der Waals surface area contributed by atoms with Crippen molar-refractivity contribution in [2.24, 2.45) is 23.7 Å². The second-order valence-corrected chi connectivity index (χ2v) is 12.0. The van der Waals surface area contributed by atoms with Gasteiger partial charge in [-0.25, -0.2) is 0 Å². The summed E-state index contributed by atoms with van der Waals surface area (Å²) in [5, 5.41) is 1.86. The zero-order valence-electron chi connectivity index (χ0n) is 14.8. The molecule has 0 aromatic rings. The molecule has 2 aliphatic heterocycles. The molecule has 0 N–H and O–H groups in total. The van der Waals surface area contributed by atoms with Gasteiger partial charge in [-0.15, -0.1) is 0 Å². The molecule has 1 nitrogen and oxygen atoms in total. The number of allylic oxidation sites excluding steroid dienone is 5. The number of nitrogens with zero attached hydrogens (tertiary/aromatic N) is 1. The van der Waals surface area contributed by atoms with Gasteiger partial charge >= 0.3 is 0 Å². The highest BCUT2D eigenvalue weighted by Gasteiger charge is 2.74. The number of hydrogen-bond donors (Lipinski definition) is 0. The quantitative estimate of drug-likeness (QED) is 0.666. The molecule has 1 spiro atoms. The van der Waals surface area contributed by atoms with Gasteiger partial charge in [0.1, 0.15) is 0 Å². The smallest absolute Gasteiger partial charge is 0.0622 e. The minimum atomic E-state index is -0.733. The summed E-state index contributed by atoms with van der Waals surface area (Å²) >= 11 is 0. The van der Waals surface area contributed by atoms with Crippen molar-refractivity contribution >= 4 is 8.80 Å². The molecule has 5 aliphatic rings. The molecule has 3 fully saturated rings. The van der Waals surface area contributed by atoms with Gasteiger partial charge in [-0.3, -0.25) is 0 Å². The van der Waals surface area contributed by atoms with Gasteiger partial charge in [0.15, 0.2) is 0 Å². The van der Waals surface area contributed by atoms with Crippen LogP contribution in [0, 0.1) is 23.7 Å². The third-order valence-electron chi connectivity index (χ3n) is 7.76. The second-order valence-electron chi connectivity index (χ2n) is 9.07. The topological polar surface area (TPSA) is 3.24 Å². The van der Waals surface area contributed by atoms with E-state index < -0.39 is 8.80 Å². The predicted octanol–water partition coefficient (Wildman–Crippen LogP) is 4.68. The molecule has 2 heterocycles. The van der Waals surface area contributed by atoms with Crippen LogP contribution >= 0.6 is 0 Å². The average molecular weight is 326 g/mol. The monoisotopic (exact) mass is 325 g/mol. The number of rotatable bonds is 2. The van der Waals surface area contributed by atoms with Gasteiger partial charge in [-0.2, -0.15) is 0 Å². The predicted molar refractivity (Wildman–Crippen MR) is 99.9 cm³/mol. The van der Waals surface area contributed by atoms with E-state index in [1.165, 1.54) is 51.5 Å². The minimum absolute atomic E-state index is 0.602. The van der Waals surface area contributed by atoms with Crippen LogP contribution in [0.5, 0.6) is 0 Å². The van der Waals surface area contributed by atoms with E-state index in [1.54, 1.807) is 5.57 Å². The fraction of sp³-hybridized carbons (Fsp3) is 0.714. The van der Waals surface area contributed by atoms with Crippen LogP contribution in [-0.4, -0.2) is 25.8 Å². The van der Waals surface area contributed by atoms with Crippen LogP contribution in [0.2, 0.25) is 13.1 Å². The fourth-order valence-electron chi connectivity index (χ4n) is 6.78. The molecule has 3 aliphatic carbocycles. The largest absolute Gasteiger partial charge is 0.371 e. The SMILES string of the molecule is C[SiH](C)C1=CN2CC3CCCCC4C3C42CC1C1=CC=CCC1. The van der Waals surface area contributed by atoms with Gasteiger partial charge in [0, 0.05) is 18.0 Å². The average Bonchev–Trinajstić information content (AvgIpc) is 3.12. The molecule has 5 unspecified atom stereocenters. The van der Waals surface area contributed by atoms with Crippen molar-refractivity contribution in [3.63, 3.8) is 0 Å². The molecule has 124 valence electrons. The van der Waals surface area contributed by atoms with Crippen LogP contribution in [0.25, 0.3) is 0 Å². The Bertz CT molecular complexity index is 601. The van der Waals surface area contributed by atoms with Crippen LogP contribution < -0.4 is 0 Å². The van der Waals surface area contributed by atoms with E-state index in [0.29, 0.717) is 5.54 Å². The molecule has 5 atom stereocenters. The van der Waals surface area contributed by atoms with Crippen molar-refractivity contribution in [3.05, 3.63) is 35.2 Å². The lowest BCUT2D eigenvalue weighted by molar-refractivity contribution is 0.208. The lowest BCUT2D eigenvalue weighted by atomic mass is 9.82. The van der Waals surface area contributed by atoms with Crippen LogP contribution in [0.4, 0.5) is 0 Å². The van der Waals surface area contributed by atoms with Crippen LogP contribution in [0.15, 0.2) is 35.2 Å². The van der Waals surface area contributed by atoms with E-state index in [4.69, 9.17) is 0 Å². The van der Waals surface area contributed by atoms with Gasteiger partial charge in [-0.05, 0) is 56.1 Å². The fourth-order valence-corrected chi connectivity index (χ4v) is 8.40. The lowest BCUT2D eigenvalue weighted by Gasteiger charge is -2.42. The van der Waals surface area contributed by atoms with E-state index in [9.17, 15) is 0 Å². The van der Waals surface area contributed by atoms with Gasteiger partial charge in [0.25, 0.3) is 0 Å². The summed E-state index contributed by atoms with van der Waals surface area (Å²) in [6, 6.07) is 0. The van der Waals surface area contributed by atoms with Gasteiger partial charge in [-0.1, -0.05) is 54.9 Å². The molecule has 5 rings (SSSR count). The van der Waals surface area contributed by atoms with Crippen LogP contribution in [0.1, 0.15) is 44.9 Å². The van der Waals surface area contributed by atoms with Crippen LogP contribution in [0.3, 0.4) is 0 Å². The molecule has 2 heteroatoms.